The molecule has 0 aliphatic carbocycles. The predicted molar refractivity (Wildman–Crippen MR) is 242 cm³/mol. The summed E-state index contributed by atoms with van der Waals surface area (Å²) in [6, 6.07) is 66.4. The number of fused-ring (bicyclic) bond motifs is 8. The molecule has 9 aromatic carbocycles. The van der Waals surface area contributed by atoms with Crippen molar-refractivity contribution in [2.24, 2.45) is 0 Å². The number of rotatable bonds is 5. The summed E-state index contributed by atoms with van der Waals surface area (Å²) in [7, 11) is 0. The van der Waals surface area contributed by atoms with Crippen molar-refractivity contribution in [3.63, 3.8) is 0 Å². The number of hydrogen-bond donors (Lipinski definition) is 0. The van der Waals surface area contributed by atoms with Gasteiger partial charge in [0.05, 0.1) is 0 Å². The number of hydrogen-bond acceptors (Lipinski definition) is 5. The molecule has 0 aliphatic heterocycles. The van der Waals surface area contributed by atoms with Crippen LogP contribution >= 0.6 is 11.3 Å². The number of benzene rings is 9. The Kier molecular flexibility index (Phi) is 7.37. The topological polar surface area (TPSA) is 51.8 Å². The van der Waals surface area contributed by atoms with Crippen LogP contribution in [-0.2, 0) is 0 Å². The van der Waals surface area contributed by atoms with Gasteiger partial charge in [0.2, 0.25) is 0 Å². The van der Waals surface area contributed by atoms with Gasteiger partial charge in [0.1, 0.15) is 11.2 Å². The molecule has 4 nitrogen and oxygen atoms in total. The van der Waals surface area contributed by atoms with Gasteiger partial charge in [0.15, 0.2) is 17.5 Å². The third kappa shape index (κ3) is 5.40. The summed E-state index contributed by atoms with van der Waals surface area (Å²) in [6.45, 7) is 0. The largest absolute Gasteiger partial charge is 0.456 e. The molecule has 270 valence electrons. The molecular formula is C53H31N3OS. The molecule has 0 radical (unpaired) electrons. The maximum atomic E-state index is 6.51. The molecular weight excluding hydrogens is 727 g/mol. The van der Waals surface area contributed by atoms with Gasteiger partial charge in [-0.3, -0.25) is 0 Å². The highest BCUT2D eigenvalue weighted by atomic mass is 32.1. The van der Waals surface area contributed by atoms with Crippen LogP contribution in [-0.4, -0.2) is 15.0 Å². The average Bonchev–Trinajstić information content (AvgIpc) is 3.86. The Hall–Kier alpha value is -7.47. The second-order valence-corrected chi connectivity index (χ2v) is 15.9. The molecule has 3 aromatic heterocycles. The van der Waals surface area contributed by atoms with Crippen molar-refractivity contribution >= 4 is 75.0 Å². The maximum Gasteiger partial charge on any atom is 0.165 e. The summed E-state index contributed by atoms with van der Waals surface area (Å²) in [6.07, 6.45) is 0. The number of nitrogens with zero attached hydrogens (tertiary/aromatic N) is 3. The highest BCUT2D eigenvalue weighted by molar-refractivity contribution is 7.25. The summed E-state index contributed by atoms with van der Waals surface area (Å²) in [5, 5.41) is 9.11. The van der Waals surface area contributed by atoms with E-state index in [1.54, 1.807) is 0 Å². The Morgan fingerprint density at radius 2 is 0.931 bits per heavy atom. The minimum absolute atomic E-state index is 0.594. The SMILES string of the molecule is c1ccc(-c2ccc3cc(-c4nc(-c5ccc6ccccc6c5)nc(-c5c(-c6ccc7c(c6)sc6ccccc67)ccc6oc7ccccc7c56)n4)ccc3c2)cc1. The van der Waals surface area contributed by atoms with E-state index in [4.69, 9.17) is 19.4 Å². The lowest BCUT2D eigenvalue weighted by molar-refractivity contribution is 0.669. The Morgan fingerprint density at radius 1 is 0.345 bits per heavy atom. The molecule has 0 spiro atoms. The summed E-state index contributed by atoms with van der Waals surface area (Å²) in [5.74, 6) is 1.81. The van der Waals surface area contributed by atoms with E-state index < -0.39 is 0 Å². The third-order valence-electron chi connectivity index (χ3n) is 11.3. The van der Waals surface area contributed by atoms with Crippen LogP contribution in [0.5, 0.6) is 0 Å². The van der Waals surface area contributed by atoms with Gasteiger partial charge in [-0.15, -0.1) is 11.3 Å². The first-order valence-corrected chi connectivity index (χ1v) is 20.2. The molecule has 5 heteroatoms. The van der Waals surface area contributed by atoms with Gasteiger partial charge in [-0.25, -0.2) is 15.0 Å². The van der Waals surface area contributed by atoms with E-state index in [-0.39, 0.29) is 0 Å². The van der Waals surface area contributed by atoms with E-state index in [1.807, 2.05) is 29.5 Å². The molecule has 12 rings (SSSR count). The van der Waals surface area contributed by atoms with Crippen LogP contribution in [0.1, 0.15) is 0 Å². The Bertz CT molecular complexity index is 3590. The van der Waals surface area contributed by atoms with Crippen molar-refractivity contribution in [3.8, 4) is 56.4 Å². The van der Waals surface area contributed by atoms with Crippen molar-refractivity contribution in [2.75, 3.05) is 0 Å². The van der Waals surface area contributed by atoms with Gasteiger partial charge >= 0.3 is 0 Å². The van der Waals surface area contributed by atoms with Crippen LogP contribution in [0.15, 0.2) is 192 Å². The molecule has 0 fully saturated rings. The van der Waals surface area contributed by atoms with Crippen molar-refractivity contribution < 1.29 is 4.42 Å². The fourth-order valence-electron chi connectivity index (χ4n) is 8.45. The van der Waals surface area contributed by atoms with Crippen LogP contribution in [0.2, 0.25) is 0 Å². The van der Waals surface area contributed by atoms with Crippen LogP contribution in [0.3, 0.4) is 0 Å². The zero-order chi connectivity index (χ0) is 38.2. The van der Waals surface area contributed by atoms with Gasteiger partial charge < -0.3 is 4.42 Å². The van der Waals surface area contributed by atoms with Crippen LogP contribution in [0.4, 0.5) is 0 Å². The molecule has 12 aromatic rings. The van der Waals surface area contributed by atoms with Crippen LogP contribution < -0.4 is 0 Å². The molecule has 0 N–H and O–H groups in total. The van der Waals surface area contributed by atoms with Crippen LogP contribution in [0.25, 0.3) is 120 Å². The average molecular weight is 758 g/mol. The standard InChI is InChI=1S/C53H31N3OS/c1-2-10-32(11-3-1)35-19-20-37-30-40(23-21-36(37)28-35)52-54-51(39-22-18-33-12-4-5-13-34(33)29-39)55-53(56-52)50-41(26-27-46-49(50)44-15-6-8-16-45(44)57-46)38-24-25-43-42-14-7-9-17-47(42)58-48(43)31-38/h1-31H. The highest BCUT2D eigenvalue weighted by Crippen LogP contribution is 2.44. The maximum absolute atomic E-state index is 6.51. The van der Waals surface area contributed by atoms with Gasteiger partial charge in [-0.2, -0.15) is 0 Å². The minimum atomic E-state index is 0.594. The third-order valence-corrected chi connectivity index (χ3v) is 12.4. The summed E-state index contributed by atoms with van der Waals surface area (Å²) in [5.41, 5.74) is 8.88. The summed E-state index contributed by atoms with van der Waals surface area (Å²) < 4.78 is 9.03. The molecule has 58 heavy (non-hydrogen) atoms. The first-order chi connectivity index (χ1) is 28.7. The smallest absolute Gasteiger partial charge is 0.165 e. The van der Waals surface area contributed by atoms with Gasteiger partial charge in [-0.05, 0) is 92.3 Å². The van der Waals surface area contributed by atoms with Gasteiger partial charge in [0, 0.05) is 47.6 Å². The van der Waals surface area contributed by atoms with E-state index in [0.29, 0.717) is 17.5 Å². The fourth-order valence-corrected chi connectivity index (χ4v) is 9.60. The first kappa shape index (κ1) is 32.7. The van der Waals surface area contributed by atoms with E-state index in [1.165, 1.54) is 36.7 Å². The van der Waals surface area contributed by atoms with Crippen molar-refractivity contribution in [2.45, 2.75) is 0 Å². The number of para-hydroxylation sites is 1. The van der Waals surface area contributed by atoms with E-state index in [2.05, 4.69) is 170 Å². The van der Waals surface area contributed by atoms with Crippen LogP contribution in [0, 0.1) is 0 Å². The lowest BCUT2D eigenvalue weighted by atomic mass is 9.94. The highest BCUT2D eigenvalue weighted by Gasteiger charge is 2.23. The Balaban J connectivity index is 1.11. The summed E-state index contributed by atoms with van der Waals surface area (Å²) in [4.78, 5) is 16.0. The summed E-state index contributed by atoms with van der Waals surface area (Å²) >= 11 is 1.82. The number of thiophene rings is 1. The van der Waals surface area contributed by atoms with Crippen molar-refractivity contribution in [1.82, 2.24) is 15.0 Å². The predicted octanol–water partition coefficient (Wildman–Crippen LogP) is 14.8. The zero-order valence-corrected chi connectivity index (χ0v) is 31.9. The van der Waals surface area contributed by atoms with Gasteiger partial charge in [0.25, 0.3) is 0 Å². The Morgan fingerprint density at radius 3 is 1.74 bits per heavy atom. The molecule has 0 amide bonds. The second kappa shape index (κ2) is 13.1. The molecule has 0 atom stereocenters. The second-order valence-electron chi connectivity index (χ2n) is 14.8. The monoisotopic (exact) mass is 757 g/mol. The fraction of sp³-hybridized carbons (Fsp3) is 0. The van der Waals surface area contributed by atoms with E-state index in [9.17, 15) is 0 Å². The normalized spacial score (nSPS) is 11.8. The van der Waals surface area contributed by atoms with E-state index in [0.717, 1.165) is 65.9 Å². The zero-order valence-electron chi connectivity index (χ0n) is 31.1. The molecule has 0 bridgehead atoms. The van der Waals surface area contributed by atoms with E-state index >= 15 is 0 Å². The molecule has 0 saturated heterocycles. The molecule has 3 heterocycles. The lowest BCUT2D eigenvalue weighted by Crippen LogP contribution is -2.01. The Labute approximate surface area is 337 Å². The minimum Gasteiger partial charge on any atom is -0.456 e. The molecule has 0 aliphatic rings. The van der Waals surface area contributed by atoms with Gasteiger partial charge in [-0.1, -0.05) is 140 Å². The lowest BCUT2D eigenvalue weighted by Gasteiger charge is -2.14. The quantitative estimate of drug-likeness (QED) is 0.175. The van der Waals surface area contributed by atoms with Crippen molar-refractivity contribution in [1.29, 1.82) is 0 Å². The molecule has 0 saturated carbocycles. The number of furan rings is 1. The molecule has 0 unspecified atom stereocenters. The number of aromatic nitrogens is 3. The van der Waals surface area contributed by atoms with Crippen molar-refractivity contribution in [3.05, 3.63) is 188 Å². The first-order valence-electron chi connectivity index (χ1n) is 19.4.